The minimum Gasteiger partial charge on any atom is -0.457 e. The minimum atomic E-state index is -3.05. The van der Waals surface area contributed by atoms with Crippen molar-refractivity contribution in [1.82, 2.24) is 4.57 Å². The highest BCUT2D eigenvalue weighted by molar-refractivity contribution is 7.91. The normalized spacial score (nSPS) is 21.4. The quantitative estimate of drug-likeness (QED) is 0.828. The summed E-state index contributed by atoms with van der Waals surface area (Å²) in [6.45, 7) is 2.67. The molecule has 2 rings (SSSR count). The predicted octanol–water partition coefficient (Wildman–Crippen LogP) is 0.824. The number of nitrogen functional groups attached to an aromatic ring is 1. The van der Waals surface area contributed by atoms with Gasteiger partial charge in [0.1, 0.15) is 11.8 Å². The standard InChI is InChI=1S/C12H18N2O4S/c1-2-4-14-7-9(13)6-11(14)12(15)18-10-3-5-19(16,17)8-10/h6-7,10H,2-5,8,13H2,1H3. The van der Waals surface area contributed by atoms with Crippen molar-refractivity contribution >= 4 is 21.5 Å². The fourth-order valence-corrected chi connectivity index (χ4v) is 3.79. The molecule has 2 N–H and O–H groups in total. The maximum atomic E-state index is 12.0. The van der Waals surface area contributed by atoms with Gasteiger partial charge in [-0.2, -0.15) is 0 Å². The first-order chi connectivity index (χ1) is 8.91. The van der Waals surface area contributed by atoms with E-state index in [0.29, 0.717) is 24.3 Å². The third kappa shape index (κ3) is 3.28. The molecule has 1 aliphatic rings. The molecule has 1 aromatic heterocycles. The van der Waals surface area contributed by atoms with Gasteiger partial charge < -0.3 is 15.0 Å². The van der Waals surface area contributed by atoms with Crippen molar-refractivity contribution in [3.8, 4) is 0 Å². The Morgan fingerprint density at radius 1 is 1.58 bits per heavy atom. The summed E-state index contributed by atoms with van der Waals surface area (Å²) >= 11 is 0. The molecule has 0 bridgehead atoms. The van der Waals surface area contributed by atoms with Crippen LogP contribution in [0, 0.1) is 0 Å². The highest BCUT2D eigenvalue weighted by atomic mass is 32.2. The van der Waals surface area contributed by atoms with Crippen LogP contribution >= 0.6 is 0 Å². The Morgan fingerprint density at radius 3 is 2.89 bits per heavy atom. The topological polar surface area (TPSA) is 91.4 Å². The molecule has 0 amide bonds. The highest BCUT2D eigenvalue weighted by Gasteiger charge is 2.31. The third-order valence-electron chi connectivity index (χ3n) is 3.06. The average molecular weight is 286 g/mol. The van der Waals surface area contributed by atoms with Gasteiger partial charge in [-0.1, -0.05) is 6.92 Å². The van der Waals surface area contributed by atoms with Gasteiger partial charge in [0.05, 0.1) is 17.2 Å². The average Bonchev–Trinajstić information content (AvgIpc) is 2.82. The molecule has 1 aliphatic heterocycles. The summed E-state index contributed by atoms with van der Waals surface area (Å²) in [6.07, 6.45) is 2.39. The molecule has 106 valence electrons. The Labute approximate surface area is 112 Å². The lowest BCUT2D eigenvalue weighted by atomic mass is 10.3. The van der Waals surface area contributed by atoms with E-state index in [-0.39, 0.29) is 11.5 Å². The van der Waals surface area contributed by atoms with E-state index in [1.165, 1.54) is 0 Å². The van der Waals surface area contributed by atoms with E-state index in [4.69, 9.17) is 10.5 Å². The molecule has 2 heterocycles. The van der Waals surface area contributed by atoms with Gasteiger partial charge in [0, 0.05) is 12.7 Å². The zero-order valence-corrected chi connectivity index (χ0v) is 11.6. The Bertz CT molecular complexity index is 577. The maximum absolute atomic E-state index is 12.0. The molecule has 0 spiro atoms. The van der Waals surface area contributed by atoms with Crippen molar-refractivity contribution in [3.05, 3.63) is 18.0 Å². The zero-order valence-electron chi connectivity index (χ0n) is 10.8. The number of esters is 1. The number of nitrogens with two attached hydrogens (primary N) is 1. The number of hydrogen-bond donors (Lipinski definition) is 1. The monoisotopic (exact) mass is 286 g/mol. The van der Waals surface area contributed by atoms with Crippen LogP contribution in [0.2, 0.25) is 0 Å². The Balaban J connectivity index is 2.08. The number of sulfone groups is 1. The molecule has 1 saturated heterocycles. The van der Waals surface area contributed by atoms with Crippen LogP contribution in [0.3, 0.4) is 0 Å². The first-order valence-electron chi connectivity index (χ1n) is 6.28. The SMILES string of the molecule is CCCn1cc(N)cc1C(=O)OC1CCS(=O)(=O)C1. The molecule has 7 heteroatoms. The van der Waals surface area contributed by atoms with Gasteiger partial charge in [-0.25, -0.2) is 13.2 Å². The van der Waals surface area contributed by atoms with Crippen molar-refractivity contribution < 1.29 is 17.9 Å². The summed E-state index contributed by atoms with van der Waals surface area (Å²) < 4.78 is 29.6. The van der Waals surface area contributed by atoms with E-state index in [1.54, 1.807) is 16.8 Å². The molecule has 1 fully saturated rings. The van der Waals surface area contributed by atoms with Crippen molar-refractivity contribution in [2.24, 2.45) is 0 Å². The molecular weight excluding hydrogens is 268 g/mol. The second-order valence-corrected chi connectivity index (χ2v) is 7.01. The highest BCUT2D eigenvalue weighted by Crippen LogP contribution is 2.18. The van der Waals surface area contributed by atoms with E-state index < -0.39 is 21.9 Å². The molecule has 1 atom stereocenters. The maximum Gasteiger partial charge on any atom is 0.355 e. The van der Waals surface area contributed by atoms with Gasteiger partial charge in [-0.05, 0) is 18.9 Å². The lowest BCUT2D eigenvalue weighted by molar-refractivity contribution is 0.0343. The van der Waals surface area contributed by atoms with E-state index in [0.717, 1.165) is 6.42 Å². The second kappa shape index (κ2) is 5.24. The fraction of sp³-hybridized carbons (Fsp3) is 0.583. The number of carbonyl (C=O) groups is 1. The molecule has 0 aromatic carbocycles. The van der Waals surface area contributed by atoms with Crippen molar-refractivity contribution in [1.29, 1.82) is 0 Å². The molecule has 6 nitrogen and oxygen atoms in total. The largest absolute Gasteiger partial charge is 0.457 e. The van der Waals surface area contributed by atoms with Crippen LogP contribution in [-0.4, -0.2) is 36.6 Å². The number of anilines is 1. The van der Waals surface area contributed by atoms with Crippen LogP contribution < -0.4 is 5.73 Å². The summed E-state index contributed by atoms with van der Waals surface area (Å²) in [7, 11) is -3.05. The lowest BCUT2D eigenvalue weighted by Gasteiger charge is -2.11. The van der Waals surface area contributed by atoms with Crippen molar-refractivity contribution in [2.45, 2.75) is 32.4 Å². The van der Waals surface area contributed by atoms with Crippen LogP contribution in [0.4, 0.5) is 5.69 Å². The van der Waals surface area contributed by atoms with Crippen molar-refractivity contribution in [3.63, 3.8) is 0 Å². The summed E-state index contributed by atoms with van der Waals surface area (Å²) in [6, 6.07) is 1.56. The number of rotatable bonds is 4. The van der Waals surface area contributed by atoms with Gasteiger partial charge in [0.25, 0.3) is 0 Å². The van der Waals surface area contributed by atoms with E-state index in [9.17, 15) is 13.2 Å². The number of ether oxygens (including phenoxy) is 1. The molecule has 0 aliphatic carbocycles. The van der Waals surface area contributed by atoms with Gasteiger partial charge in [0.15, 0.2) is 9.84 Å². The summed E-state index contributed by atoms with van der Waals surface area (Å²) in [5, 5.41) is 0. The molecule has 0 radical (unpaired) electrons. The Morgan fingerprint density at radius 2 is 2.32 bits per heavy atom. The van der Waals surface area contributed by atoms with Gasteiger partial charge >= 0.3 is 5.97 Å². The Kier molecular flexibility index (Phi) is 3.84. The van der Waals surface area contributed by atoms with Crippen LogP contribution in [0.25, 0.3) is 0 Å². The van der Waals surface area contributed by atoms with E-state index in [2.05, 4.69) is 0 Å². The summed E-state index contributed by atoms with van der Waals surface area (Å²) in [5.74, 6) is -0.501. The van der Waals surface area contributed by atoms with Gasteiger partial charge in [-0.15, -0.1) is 0 Å². The zero-order chi connectivity index (χ0) is 14.0. The molecule has 0 saturated carbocycles. The first-order valence-corrected chi connectivity index (χ1v) is 8.10. The number of carbonyl (C=O) groups excluding carboxylic acids is 1. The van der Waals surface area contributed by atoms with Crippen LogP contribution in [-0.2, 0) is 21.1 Å². The molecule has 1 unspecified atom stereocenters. The minimum absolute atomic E-state index is 0.0806. The van der Waals surface area contributed by atoms with Crippen LogP contribution in [0.1, 0.15) is 30.3 Å². The summed E-state index contributed by atoms with van der Waals surface area (Å²) in [5.41, 5.74) is 6.55. The third-order valence-corrected chi connectivity index (χ3v) is 4.79. The molecule has 1 aromatic rings. The number of aryl methyl sites for hydroxylation is 1. The van der Waals surface area contributed by atoms with Crippen LogP contribution in [0.15, 0.2) is 12.3 Å². The Hall–Kier alpha value is -1.50. The first kappa shape index (κ1) is 13.9. The molecular formula is C12H18N2O4S. The van der Waals surface area contributed by atoms with Gasteiger partial charge in [-0.3, -0.25) is 0 Å². The van der Waals surface area contributed by atoms with E-state index in [1.807, 2.05) is 6.92 Å². The number of hydrogen-bond acceptors (Lipinski definition) is 5. The van der Waals surface area contributed by atoms with E-state index >= 15 is 0 Å². The molecule has 19 heavy (non-hydrogen) atoms. The summed E-state index contributed by atoms with van der Waals surface area (Å²) in [4.78, 5) is 12.0. The van der Waals surface area contributed by atoms with Crippen molar-refractivity contribution in [2.75, 3.05) is 17.2 Å². The second-order valence-electron chi connectivity index (χ2n) is 4.78. The number of aromatic nitrogens is 1. The smallest absolute Gasteiger partial charge is 0.355 e. The predicted molar refractivity (Wildman–Crippen MR) is 71.6 cm³/mol. The lowest BCUT2D eigenvalue weighted by Crippen LogP contribution is -2.21. The fourth-order valence-electron chi connectivity index (χ4n) is 2.20. The number of nitrogens with zero attached hydrogens (tertiary/aromatic N) is 1. The van der Waals surface area contributed by atoms with Gasteiger partial charge in [0.2, 0.25) is 0 Å². The van der Waals surface area contributed by atoms with Crippen LogP contribution in [0.5, 0.6) is 0 Å².